The summed E-state index contributed by atoms with van der Waals surface area (Å²) in [6, 6.07) is 68.6. The van der Waals surface area contributed by atoms with Gasteiger partial charge in [0.15, 0.2) is 0 Å². The summed E-state index contributed by atoms with van der Waals surface area (Å²) < 4.78 is 20.4. The first-order valence-electron chi connectivity index (χ1n) is 25.7. The van der Waals surface area contributed by atoms with E-state index in [1.54, 1.807) is 0 Å². The van der Waals surface area contributed by atoms with Gasteiger partial charge in [0.25, 0.3) is 0 Å². The lowest BCUT2D eigenvalue weighted by Crippen LogP contribution is -2.24. The third-order valence-corrected chi connectivity index (χ3v) is 17.4. The lowest BCUT2D eigenvalue weighted by atomic mass is 9.72. The first-order chi connectivity index (χ1) is 35.5. The zero-order chi connectivity index (χ0) is 48.9. The Hall–Kier alpha value is -8.60. The van der Waals surface area contributed by atoms with E-state index in [0.29, 0.717) is 0 Å². The van der Waals surface area contributed by atoms with E-state index in [2.05, 4.69) is 228 Å². The molecule has 0 fully saturated rings. The lowest BCUT2D eigenvalue weighted by molar-refractivity contribution is 0.600. The van der Waals surface area contributed by atoms with Crippen molar-refractivity contribution < 1.29 is 13.3 Å². The predicted octanol–water partition coefficient (Wildman–Crippen LogP) is 19.4. The molecular weight excluding hydrogens is 891 g/mol. The molecule has 0 bridgehead atoms. The standard InChI is InChI=1S/C69H49NO3/c1-67(2)50-35-39(31-33-43(50)58-52(67)37-48(65-60(58)46-23-12-16-28-54(46)72-65)41-25-18-30-56-57(41)45-22-11-15-27-53(45)71-56)70(38-19-8-7-9-20-38)40-32-34-44-51(36-40)69(5,6)63-59(44)61-47-24-13-17-29-55(47)73-66(61)62-42-21-10-14-26-49(42)68(3,4)64(62)63/h7-37H,1-6H3. The van der Waals surface area contributed by atoms with E-state index in [9.17, 15) is 0 Å². The summed E-state index contributed by atoms with van der Waals surface area (Å²) >= 11 is 0. The van der Waals surface area contributed by atoms with Gasteiger partial charge in [-0.15, -0.1) is 0 Å². The number of hydrogen-bond donors (Lipinski definition) is 0. The lowest BCUT2D eigenvalue weighted by Gasteiger charge is -2.32. The molecule has 0 atom stereocenters. The van der Waals surface area contributed by atoms with Crippen LogP contribution in [-0.4, -0.2) is 0 Å². The Morgan fingerprint density at radius 2 is 0.795 bits per heavy atom. The van der Waals surface area contributed by atoms with Crippen LogP contribution in [0.4, 0.5) is 17.1 Å². The largest absolute Gasteiger partial charge is 0.456 e. The van der Waals surface area contributed by atoms with Crippen LogP contribution in [-0.2, 0) is 16.2 Å². The second-order valence-electron chi connectivity index (χ2n) is 22.3. The number of rotatable bonds is 4. The summed E-state index contributed by atoms with van der Waals surface area (Å²) in [7, 11) is 0. The average molecular weight is 940 g/mol. The summed E-state index contributed by atoms with van der Waals surface area (Å²) in [6.07, 6.45) is 0. The number of fused-ring (bicyclic) bond motifs is 22. The summed E-state index contributed by atoms with van der Waals surface area (Å²) in [5.74, 6) is 0. The number of hydrogen-bond acceptors (Lipinski definition) is 4. The highest BCUT2D eigenvalue weighted by Crippen LogP contribution is 2.64. The Balaban J connectivity index is 0.903. The molecule has 3 aromatic heterocycles. The molecule has 0 unspecified atom stereocenters. The van der Waals surface area contributed by atoms with Crippen LogP contribution in [0.15, 0.2) is 201 Å². The monoisotopic (exact) mass is 939 g/mol. The highest BCUT2D eigenvalue weighted by atomic mass is 16.3. The Labute approximate surface area is 422 Å². The van der Waals surface area contributed by atoms with E-state index in [0.717, 1.165) is 83.2 Å². The van der Waals surface area contributed by atoms with Crippen LogP contribution < -0.4 is 4.90 Å². The zero-order valence-corrected chi connectivity index (χ0v) is 41.6. The van der Waals surface area contributed by atoms with Crippen molar-refractivity contribution in [3.63, 3.8) is 0 Å². The van der Waals surface area contributed by atoms with Crippen LogP contribution in [0.25, 0.3) is 110 Å². The fourth-order valence-electron chi connectivity index (χ4n) is 14.1. The first kappa shape index (κ1) is 41.1. The number of benzene rings is 10. The maximum atomic E-state index is 6.99. The van der Waals surface area contributed by atoms with Crippen LogP contribution in [0.3, 0.4) is 0 Å². The van der Waals surface area contributed by atoms with Gasteiger partial charge in [0.05, 0.1) is 0 Å². The molecule has 0 aliphatic heterocycles. The molecule has 0 radical (unpaired) electrons. The Morgan fingerprint density at radius 3 is 1.49 bits per heavy atom. The summed E-state index contributed by atoms with van der Waals surface area (Å²) in [4.78, 5) is 2.46. The van der Waals surface area contributed by atoms with Gasteiger partial charge >= 0.3 is 0 Å². The van der Waals surface area contributed by atoms with Crippen molar-refractivity contribution in [3.8, 4) is 44.5 Å². The third-order valence-electron chi connectivity index (χ3n) is 17.4. The van der Waals surface area contributed by atoms with E-state index >= 15 is 0 Å². The predicted molar refractivity (Wildman–Crippen MR) is 301 cm³/mol. The molecule has 0 saturated carbocycles. The molecule has 348 valence electrons. The molecule has 3 aliphatic rings. The molecule has 4 heteroatoms. The quantitative estimate of drug-likeness (QED) is 0.176. The van der Waals surface area contributed by atoms with Crippen LogP contribution in [0.5, 0.6) is 0 Å². The highest BCUT2D eigenvalue weighted by molar-refractivity contribution is 6.23. The van der Waals surface area contributed by atoms with Crippen LogP contribution in [0, 0.1) is 0 Å². The van der Waals surface area contributed by atoms with Crippen molar-refractivity contribution in [2.75, 3.05) is 4.90 Å². The second kappa shape index (κ2) is 13.9. The fraction of sp³-hybridized carbons (Fsp3) is 0.130. The van der Waals surface area contributed by atoms with Gasteiger partial charge in [-0.1, -0.05) is 163 Å². The minimum atomic E-state index is -0.359. The Morgan fingerprint density at radius 1 is 0.301 bits per heavy atom. The number of anilines is 3. The van der Waals surface area contributed by atoms with Crippen molar-refractivity contribution in [1.82, 2.24) is 0 Å². The van der Waals surface area contributed by atoms with Crippen molar-refractivity contribution in [3.05, 3.63) is 221 Å². The normalized spacial score (nSPS) is 15.3. The Kier molecular flexibility index (Phi) is 7.80. The molecule has 3 heterocycles. The molecule has 3 aliphatic carbocycles. The SMILES string of the molecule is CC1(C)c2cc(N(c3ccccc3)c3ccc4c(c3)C(C)(C)c3c5c(c6oc7ccccc7c6c3-4)-c3ccccc3C5(C)C)ccc2-c2c1cc(-c1cccc3oc4ccccc4c13)c1oc3ccccc3c21. The van der Waals surface area contributed by atoms with Gasteiger partial charge in [0, 0.05) is 76.8 Å². The fourth-order valence-corrected chi connectivity index (χ4v) is 14.1. The number of para-hydroxylation sites is 4. The van der Waals surface area contributed by atoms with E-state index < -0.39 is 0 Å². The summed E-state index contributed by atoms with van der Waals surface area (Å²) in [5.41, 5.74) is 25.7. The van der Waals surface area contributed by atoms with Gasteiger partial charge in [-0.25, -0.2) is 0 Å². The van der Waals surface area contributed by atoms with Gasteiger partial charge in [-0.2, -0.15) is 0 Å². The van der Waals surface area contributed by atoms with Crippen molar-refractivity contribution in [2.24, 2.45) is 0 Å². The topological polar surface area (TPSA) is 42.7 Å². The highest BCUT2D eigenvalue weighted by Gasteiger charge is 2.49. The summed E-state index contributed by atoms with van der Waals surface area (Å²) in [5, 5.41) is 6.87. The van der Waals surface area contributed by atoms with Gasteiger partial charge in [0.2, 0.25) is 0 Å². The maximum Gasteiger partial charge on any atom is 0.144 e. The average Bonchev–Trinajstić information content (AvgIpc) is 4.34. The Bertz CT molecular complexity index is 4590. The van der Waals surface area contributed by atoms with Gasteiger partial charge in [0.1, 0.15) is 33.5 Å². The van der Waals surface area contributed by atoms with E-state index in [1.807, 2.05) is 6.07 Å². The molecule has 0 N–H and O–H groups in total. The third kappa shape index (κ3) is 5.15. The van der Waals surface area contributed by atoms with Crippen LogP contribution >= 0.6 is 0 Å². The minimum absolute atomic E-state index is 0.230. The van der Waals surface area contributed by atoms with Crippen molar-refractivity contribution in [1.29, 1.82) is 0 Å². The van der Waals surface area contributed by atoms with Crippen LogP contribution in [0.2, 0.25) is 0 Å². The van der Waals surface area contributed by atoms with Gasteiger partial charge in [-0.05, 0) is 133 Å². The number of furan rings is 3. The van der Waals surface area contributed by atoms with E-state index in [4.69, 9.17) is 13.3 Å². The van der Waals surface area contributed by atoms with Gasteiger partial charge in [-0.3, -0.25) is 0 Å². The molecule has 13 aromatic rings. The maximum absolute atomic E-state index is 6.99. The molecule has 4 nitrogen and oxygen atoms in total. The smallest absolute Gasteiger partial charge is 0.144 e. The molecule has 10 aromatic carbocycles. The molecular formula is C69H49NO3. The molecule has 0 saturated heterocycles. The van der Waals surface area contributed by atoms with Crippen LogP contribution in [0.1, 0.15) is 74.9 Å². The van der Waals surface area contributed by atoms with Crippen molar-refractivity contribution in [2.45, 2.75) is 57.8 Å². The van der Waals surface area contributed by atoms with Gasteiger partial charge < -0.3 is 18.2 Å². The number of nitrogens with zero attached hydrogens (tertiary/aromatic N) is 1. The molecule has 0 amide bonds. The minimum Gasteiger partial charge on any atom is -0.456 e. The molecule has 0 spiro atoms. The summed E-state index contributed by atoms with van der Waals surface area (Å²) in [6.45, 7) is 14.5. The van der Waals surface area contributed by atoms with E-state index in [1.165, 1.54) is 77.5 Å². The first-order valence-corrected chi connectivity index (χ1v) is 25.7. The molecule has 16 rings (SSSR count). The van der Waals surface area contributed by atoms with E-state index in [-0.39, 0.29) is 16.2 Å². The second-order valence-corrected chi connectivity index (χ2v) is 22.3. The molecule has 73 heavy (non-hydrogen) atoms. The zero-order valence-electron chi connectivity index (χ0n) is 41.6. The van der Waals surface area contributed by atoms with Crippen molar-refractivity contribution >= 4 is 82.9 Å².